The molecule has 1 aliphatic rings. The van der Waals surface area contributed by atoms with Gasteiger partial charge >= 0.3 is 0 Å². The van der Waals surface area contributed by atoms with Crippen LogP contribution in [-0.4, -0.2) is 61.7 Å². The molecule has 4 rings (SSSR count). The average Bonchev–Trinajstić information content (AvgIpc) is 3.37. The number of rotatable bonds is 5. The number of carbonyl (C=O) groups is 1. The van der Waals surface area contributed by atoms with Gasteiger partial charge in [-0.25, -0.2) is 4.98 Å². The van der Waals surface area contributed by atoms with Crippen LogP contribution in [0.15, 0.2) is 36.8 Å². The van der Waals surface area contributed by atoms with Crippen LogP contribution < -0.4 is 0 Å². The van der Waals surface area contributed by atoms with Crippen molar-refractivity contribution >= 4 is 16.9 Å². The number of benzene rings is 1. The number of hydrogen-bond donors (Lipinski definition) is 0. The van der Waals surface area contributed by atoms with Crippen LogP contribution in [0, 0.1) is 0 Å². The van der Waals surface area contributed by atoms with E-state index in [1.54, 1.807) is 18.1 Å². The Morgan fingerprint density at radius 1 is 1.31 bits per heavy atom. The Morgan fingerprint density at radius 2 is 2.15 bits per heavy atom. The molecule has 1 saturated heterocycles. The van der Waals surface area contributed by atoms with E-state index in [0.29, 0.717) is 26.1 Å². The van der Waals surface area contributed by atoms with Gasteiger partial charge in [0.05, 0.1) is 35.1 Å². The zero-order chi connectivity index (χ0) is 18.1. The second-order valence-electron chi connectivity index (χ2n) is 6.67. The van der Waals surface area contributed by atoms with E-state index in [-0.39, 0.29) is 17.9 Å². The summed E-state index contributed by atoms with van der Waals surface area (Å²) in [6.07, 6.45) is 4.07. The Bertz CT molecular complexity index is 917. The number of amides is 1. The first kappa shape index (κ1) is 16.7. The highest BCUT2D eigenvalue weighted by molar-refractivity contribution is 5.78. The predicted octanol–water partition coefficient (Wildman–Crippen LogP) is 1.20. The largest absolute Gasteiger partial charge is 0.379 e. The number of imidazole rings is 1. The Balaban J connectivity index is 1.42. The van der Waals surface area contributed by atoms with Gasteiger partial charge in [0.2, 0.25) is 5.91 Å². The van der Waals surface area contributed by atoms with Gasteiger partial charge in [-0.3, -0.25) is 9.48 Å². The van der Waals surface area contributed by atoms with Crippen LogP contribution in [0.4, 0.5) is 0 Å². The fourth-order valence-electron chi connectivity index (χ4n) is 3.60. The second-order valence-corrected chi connectivity index (χ2v) is 6.67. The summed E-state index contributed by atoms with van der Waals surface area (Å²) in [6, 6.07) is 7.95. The van der Waals surface area contributed by atoms with Gasteiger partial charge in [0.1, 0.15) is 0 Å². The van der Waals surface area contributed by atoms with Gasteiger partial charge in [0, 0.05) is 46.4 Å². The summed E-state index contributed by atoms with van der Waals surface area (Å²) in [7, 11) is 3.52. The van der Waals surface area contributed by atoms with Crippen LogP contribution >= 0.6 is 0 Å². The highest BCUT2D eigenvalue weighted by atomic mass is 16.5. The van der Waals surface area contributed by atoms with Crippen molar-refractivity contribution in [2.45, 2.75) is 25.0 Å². The quantitative estimate of drug-likeness (QED) is 0.688. The lowest BCUT2D eigenvalue weighted by atomic mass is 10.0. The maximum absolute atomic E-state index is 12.7. The molecular formula is C18H22N6O2. The highest BCUT2D eigenvalue weighted by Gasteiger charge is 2.37. The summed E-state index contributed by atoms with van der Waals surface area (Å²) < 4.78 is 9.29. The van der Waals surface area contributed by atoms with E-state index in [4.69, 9.17) is 4.74 Å². The molecule has 26 heavy (non-hydrogen) atoms. The lowest BCUT2D eigenvalue weighted by Crippen LogP contribution is -2.30. The first-order valence-corrected chi connectivity index (χ1v) is 8.72. The van der Waals surface area contributed by atoms with E-state index in [1.807, 2.05) is 47.0 Å². The van der Waals surface area contributed by atoms with Crippen molar-refractivity contribution < 1.29 is 9.53 Å². The number of aryl methyl sites for hydroxylation is 2. The summed E-state index contributed by atoms with van der Waals surface area (Å²) in [5.74, 6) is 0.183. The molecule has 2 atom stereocenters. The fraction of sp³-hybridized carbons (Fsp3) is 0.444. The van der Waals surface area contributed by atoms with Crippen molar-refractivity contribution in [2.75, 3.05) is 20.2 Å². The molecule has 0 bridgehead atoms. The summed E-state index contributed by atoms with van der Waals surface area (Å²) in [6.45, 7) is 1.81. The molecule has 0 unspecified atom stereocenters. The number of hydrogen-bond acceptors (Lipinski definition) is 5. The van der Waals surface area contributed by atoms with Gasteiger partial charge in [-0.2, -0.15) is 0 Å². The first-order valence-electron chi connectivity index (χ1n) is 8.72. The van der Waals surface area contributed by atoms with Gasteiger partial charge in [-0.15, -0.1) is 5.10 Å². The SMILES string of the molecule is CO[C@@H]1CN(C(=O)CCn2cnc3ccccc32)C[C@H]1c1cn(C)nn1. The van der Waals surface area contributed by atoms with Crippen molar-refractivity contribution in [2.24, 2.45) is 7.05 Å². The molecule has 1 aliphatic heterocycles. The average molecular weight is 354 g/mol. The summed E-state index contributed by atoms with van der Waals surface area (Å²) in [5, 5.41) is 8.19. The molecule has 0 saturated carbocycles. The molecule has 1 amide bonds. The van der Waals surface area contributed by atoms with Crippen molar-refractivity contribution in [1.29, 1.82) is 0 Å². The molecule has 0 spiro atoms. The van der Waals surface area contributed by atoms with Crippen molar-refractivity contribution in [3.63, 3.8) is 0 Å². The number of methoxy groups -OCH3 is 1. The molecule has 0 aliphatic carbocycles. The highest BCUT2D eigenvalue weighted by Crippen LogP contribution is 2.28. The molecule has 1 aromatic carbocycles. The fourth-order valence-corrected chi connectivity index (χ4v) is 3.60. The zero-order valence-corrected chi connectivity index (χ0v) is 14.9. The van der Waals surface area contributed by atoms with Crippen LogP contribution in [0.25, 0.3) is 11.0 Å². The molecule has 0 radical (unpaired) electrons. The van der Waals surface area contributed by atoms with Crippen LogP contribution in [-0.2, 0) is 23.1 Å². The molecule has 2 aromatic heterocycles. The Kier molecular flexibility index (Phi) is 4.42. The minimum Gasteiger partial charge on any atom is -0.379 e. The molecule has 8 heteroatoms. The van der Waals surface area contributed by atoms with Gasteiger partial charge in [-0.1, -0.05) is 17.3 Å². The maximum Gasteiger partial charge on any atom is 0.224 e. The smallest absolute Gasteiger partial charge is 0.224 e. The monoisotopic (exact) mass is 354 g/mol. The third-order valence-corrected chi connectivity index (χ3v) is 5.02. The van der Waals surface area contributed by atoms with Crippen LogP contribution in [0.3, 0.4) is 0 Å². The van der Waals surface area contributed by atoms with E-state index < -0.39 is 0 Å². The number of fused-ring (bicyclic) bond motifs is 1. The van der Waals surface area contributed by atoms with Crippen molar-refractivity contribution in [1.82, 2.24) is 29.4 Å². The molecule has 136 valence electrons. The van der Waals surface area contributed by atoms with E-state index in [0.717, 1.165) is 16.7 Å². The summed E-state index contributed by atoms with van der Waals surface area (Å²) in [4.78, 5) is 19.0. The number of likely N-dealkylation sites (tertiary alicyclic amines) is 1. The number of nitrogens with zero attached hydrogens (tertiary/aromatic N) is 6. The molecule has 3 heterocycles. The second kappa shape index (κ2) is 6.87. The first-order chi connectivity index (χ1) is 12.7. The molecule has 8 nitrogen and oxygen atoms in total. The van der Waals surface area contributed by atoms with E-state index in [2.05, 4.69) is 15.3 Å². The van der Waals surface area contributed by atoms with Gasteiger partial charge in [0.25, 0.3) is 0 Å². The maximum atomic E-state index is 12.7. The van der Waals surface area contributed by atoms with Gasteiger partial charge < -0.3 is 14.2 Å². The number of carbonyl (C=O) groups excluding carboxylic acids is 1. The van der Waals surface area contributed by atoms with E-state index >= 15 is 0 Å². The lowest BCUT2D eigenvalue weighted by Gasteiger charge is -2.16. The molecular weight excluding hydrogens is 332 g/mol. The normalized spacial score (nSPS) is 20.2. The molecule has 0 N–H and O–H groups in total. The van der Waals surface area contributed by atoms with Crippen molar-refractivity contribution in [3.05, 3.63) is 42.5 Å². The van der Waals surface area contributed by atoms with Crippen molar-refractivity contribution in [3.8, 4) is 0 Å². The lowest BCUT2D eigenvalue weighted by molar-refractivity contribution is -0.130. The van der Waals surface area contributed by atoms with Crippen LogP contribution in [0.2, 0.25) is 0 Å². The summed E-state index contributed by atoms with van der Waals surface area (Å²) in [5.41, 5.74) is 2.87. The van der Waals surface area contributed by atoms with Gasteiger partial charge in [0.15, 0.2) is 0 Å². The number of para-hydroxylation sites is 2. The topological polar surface area (TPSA) is 78.1 Å². The van der Waals surface area contributed by atoms with Gasteiger partial charge in [-0.05, 0) is 12.1 Å². The number of aromatic nitrogens is 5. The third-order valence-electron chi connectivity index (χ3n) is 5.02. The van der Waals surface area contributed by atoms with Crippen LogP contribution in [0.5, 0.6) is 0 Å². The Morgan fingerprint density at radius 3 is 2.92 bits per heavy atom. The summed E-state index contributed by atoms with van der Waals surface area (Å²) >= 11 is 0. The molecule has 1 fully saturated rings. The third kappa shape index (κ3) is 3.08. The van der Waals surface area contributed by atoms with E-state index in [1.165, 1.54) is 0 Å². The zero-order valence-electron chi connectivity index (χ0n) is 14.9. The number of ether oxygens (including phenoxy) is 1. The molecule has 3 aromatic rings. The minimum atomic E-state index is -0.0512. The van der Waals surface area contributed by atoms with E-state index in [9.17, 15) is 4.79 Å². The standard InChI is InChI=1S/C18H22N6O2/c1-22-10-15(20-21-22)13-9-24(11-17(13)26-2)18(25)7-8-23-12-19-14-5-3-4-6-16(14)23/h3-6,10,12-13,17H,7-9,11H2,1-2H3/t13-,17+/m0/s1. The Labute approximate surface area is 151 Å². The minimum absolute atomic E-state index is 0.0512. The predicted molar refractivity (Wildman–Crippen MR) is 95.5 cm³/mol. The van der Waals surface area contributed by atoms with Crippen LogP contribution in [0.1, 0.15) is 18.0 Å². The Hall–Kier alpha value is -2.74.